The molecule has 0 amide bonds. The Balaban J connectivity index is 2.06. The molecule has 0 spiro atoms. The molecule has 0 saturated carbocycles. The van der Waals surface area contributed by atoms with Gasteiger partial charge in [0.05, 0.1) is 0 Å². The second-order valence-electron chi connectivity index (χ2n) is 5.36. The van der Waals surface area contributed by atoms with E-state index in [1.807, 2.05) is 19.1 Å². The van der Waals surface area contributed by atoms with Crippen LogP contribution in [0.3, 0.4) is 0 Å². The van der Waals surface area contributed by atoms with Gasteiger partial charge in [-0.05, 0) is 43.0 Å². The lowest BCUT2D eigenvalue weighted by molar-refractivity contribution is 0.471. The third-order valence-electron chi connectivity index (χ3n) is 3.61. The third kappa shape index (κ3) is 3.53. The molecule has 0 radical (unpaired) electrons. The third-order valence-corrected chi connectivity index (χ3v) is 3.61. The predicted octanol–water partition coefficient (Wildman–Crippen LogP) is 4.83. The number of rotatable bonds is 5. The molecule has 2 aromatic rings. The standard InChI is InChI=1S/C18H23NO/c1-4-5-15-7-9-16(10-8-15)14(3)19-17-11-6-13(2)18(20)12-17/h6-12,14,19-20H,4-5H2,1-3H3. The van der Waals surface area contributed by atoms with Crippen molar-refractivity contribution in [1.29, 1.82) is 0 Å². The summed E-state index contributed by atoms with van der Waals surface area (Å²) in [7, 11) is 0. The Hall–Kier alpha value is -1.96. The molecule has 2 N–H and O–H groups in total. The number of phenolic OH excluding ortho intramolecular Hbond substituents is 1. The minimum atomic E-state index is 0.216. The van der Waals surface area contributed by atoms with Crippen LogP contribution in [0, 0.1) is 6.92 Å². The molecule has 1 unspecified atom stereocenters. The fourth-order valence-electron chi connectivity index (χ4n) is 2.29. The van der Waals surface area contributed by atoms with E-state index >= 15 is 0 Å². The first-order valence-electron chi connectivity index (χ1n) is 7.25. The lowest BCUT2D eigenvalue weighted by Gasteiger charge is -2.16. The first-order chi connectivity index (χ1) is 9.60. The van der Waals surface area contributed by atoms with Crippen molar-refractivity contribution in [2.45, 2.75) is 39.7 Å². The predicted molar refractivity (Wildman–Crippen MR) is 85.3 cm³/mol. The highest BCUT2D eigenvalue weighted by Crippen LogP contribution is 2.25. The maximum atomic E-state index is 9.74. The van der Waals surface area contributed by atoms with Crippen molar-refractivity contribution in [3.63, 3.8) is 0 Å². The molecule has 1 atom stereocenters. The van der Waals surface area contributed by atoms with Crippen molar-refractivity contribution >= 4 is 5.69 Å². The van der Waals surface area contributed by atoms with Gasteiger partial charge in [0.25, 0.3) is 0 Å². The molecule has 2 rings (SSSR count). The summed E-state index contributed by atoms with van der Waals surface area (Å²) in [5.74, 6) is 0.334. The van der Waals surface area contributed by atoms with Gasteiger partial charge in [0.1, 0.15) is 5.75 Å². The van der Waals surface area contributed by atoms with Gasteiger partial charge < -0.3 is 10.4 Å². The molecule has 2 nitrogen and oxygen atoms in total. The maximum absolute atomic E-state index is 9.74. The number of benzene rings is 2. The molecule has 20 heavy (non-hydrogen) atoms. The molecule has 0 bridgehead atoms. The van der Waals surface area contributed by atoms with Crippen molar-refractivity contribution in [1.82, 2.24) is 0 Å². The van der Waals surface area contributed by atoms with Gasteiger partial charge in [0, 0.05) is 17.8 Å². The monoisotopic (exact) mass is 269 g/mol. The van der Waals surface area contributed by atoms with E-state index in [2.05, 4.69) is 43.4 Å². The summed E-state index contributed by atoms with van der Waals surface area (Å²) >= 11 is 0. The van der Waals surface area contributed by atoms with E-state index in [1.54, 1.807) is 6.07 Å². The van der Waals surface area contributed by atoms with Gasteiger partial charge in [-0.3, -0.25) is 0 Å². The maximum Gasteiger partial charge on any atom is 0.120 e. The molecular weight excluding hydrogens is 246 g/mol. The van der Waals surface area contributed by atoms with E-state index < -0.39 is 0 Å². The summed E-state index contributed by atoms with van der Waals surface area (Å²) in [5.41, 5.74) is 4.48. The molecule has 2 heteroatoms. The van der Waals surface area contributed by atoms with Crippen LogP contribution in [0.4, 0.5) is 5.69 Å². The summed E-state index contributed by atoms with van der Waals surface area (Å²) in [4.78, 5) is 0. The average molecular weight is 269 g/mol. The summed E-state index contributed by atoms with van der Waals surface area (Å²) < 4.78 is 0. The fourth-order valence-corrected chi connectivity index (χ4v) is 2.29. The molecule has 2 aromatic carbocycles. The second-order valence-corrected chi connectivity index (χ2v) is 5.36. The summed E-state index contributed by atoms with van der Waals surface area (Å²) in [5, 5.41) is 13.2. The molecule has 0 heterocycles. The Bertz CT molecular complexity index is 560. The van der Waals surface area contributed by atoms with Crippen LogP contribution in [0.15, 0.2) is 42.5 Å². The number of aromatic hydroxyl groups is 1. The molecular formula is C18H23NO. The van der Waals surface area contributed by atoms with Crippen molar-refractivity contribution in [2.24, 2.45) is 0 Å². The largest absolute Gasteiger partial charge is 0.508 e. The fraction of sp³-hybridized carbons (Fsp3) is 0.333. The van der Waals surface area contributed by atoms with E-state index in [-0.39, 0.29) is 6.04 Å². The van der Waals surface area contributed by atoms with E-state index in [9.17, 15) is 5.11 Å². The number of aryl methyl sites for hydroxylation is 2. The molecule has 0 aromatic heterocycles. The first kappa shape index (κ1) is 14.4. The topological polar surface area (TPSA) is 32.3 Å². The van der Waals surface area contributed by atoms with Crippen LogP contribution in [-0.4, -0.2) is 5.11 Å². The Morgan fingerprint density at radius 3 is 2.40 bits per heavy atom. The molecule has 0 fully saturated rings. The number of hydrogen-bond acceptors (Lipinski definition) is 2. The van der Waals surface area contributed by atoms with Crippen molar-refractivity contribution < 1.29 is 5.11 Å². The van der Waals surface area contributed by atoms with E-state index in [1.165, 1.54) is 17.5 Å². The van der Waals surface area contributed by atoms with E-state index in [0.29, 0.717) is 5.75 Å². The molecule has 0 aliphatic rings. The normalized spacial score (nSPS) is 12.2. The SMILES string of the molecule is CCCc1ccc(C(C)Nc2ccc(C)c(O)c2)cc1. The molecule has 0 aliphatic heterocycles. The van der Waals surface area contributed by atoms with E-state index in [4.69, 9.17) is 0 Å². The highest BCUT2D eigenvalue weighted by atomic mass is 16.3. The molecule has 106 valence electrons. The number of hydrogen-bond donors (Lipinski definition) is 2. The highest BCUT2D eigenvalue weighted by molar-refractivity contribution is 5.52. The summed E-state index contributed by atoms with van der Waals surface area (Å²) in [6.45, 7) is 6.22. The van der Waals surface area contributed by atoms with Crippen LogP contribution in [0.5, 0.6) is 5.75 Å². The zero-order valence-electron chi connectivity index (χ0n) is 12.5. The first-order valence-corrected chi connectivity index (χ1v) is 7.25. The van der Waals surface area contributed by atoms with Crippen LogP contribution in [0.1, 0.15) is 43.0 Å². The van der Waals surface area contributed by atoms with Gasteiger partial charge in [-0.1, -0.05) is 43.7 Å². The van der Waals surface area contributed by atoms with Crippen molar-refractivity contribution in [3.05, 3.63) is 59.2 Å². The van der Waals surface area contributed by atoms with Crippen LogP contribution < -0.4 is 5.32 Å². The van der Waals surface area contributed by atoms with E-state index in [0.717, 1.165) is 17.7 Å². The smallest absolute Gasteiger partial charge is 0.120 e. The van der Waals surface area contributed by atoms with Crippen LogP contribution in [0.2, 0.25) is 0 Å². The van der Waals surface area contributed by atoms with Crippen LogP contribution >= 0.6 is 0 Å². The van der Waals surface area contributed by atoms with Crippen LogP contribution in [-0.2, 0) is 6.42 Å². The van der Waals surface area contributed by atoms with Crippen molar-refractivity contribution in [2.75, 3.05) is 5.32 Å². The minimum absolute atomic E-state index is 0.216. The zero-order valence-corrected chi connectivity index (χ0v) is 12.5. The van der Waals surface area contributed by atoms with Crippen molar-refractivity contribution in [3.8, 4) is 5.75 Å². The lowest BCUT2D eigenvalue weighted by atomic mass is 10.0. The Kier molecular flexibility index (Phi) is 4.67. The summed E-state index contributed by atoms with van der Waals surface area (Å²) in [6, 6.07) is 14.7. The summed E-state index contributed by atoms with van der Waals surface area (Å²) in [6.07, 6.45) is 2.31. The number of anilines is 1. The quantitative estimate of drug-likeness (QED) is 0.815. The molecule has 0 aliphatic carbocycles. The zero-order chi connectivity index (χ0) is 14.5. The van der Waals surface area contributed by atoms with Gasteiger partial charge in [-0.15, -0.1) is 0 Å². The van der Waals surface area contributed by atoms with Crippen LogP contribution in [0.25, 0.3) is 0 Å². The number of nitrogens with one attached hydrogen (secondary N) is 1. The van der Waals surface area contributed by atoms with Gasteiger partial charge in [-0.25, -0.2) is 0 Å². The number of phenols is 1. The minimum Gasteiger partial charge on any atom is -0.508 e. The Morgan fingerprint density at radius 2 is 1.80 bits per heavy atom. The molecule has 0 saturated heterocycles. The lowest BCUT2D eigenvalue weighted by Crippen LogP contribution is -2.06. The highest BCUT2D eigenvalue weighted by Gasteiger charge is 2.06. The Morgan fingerprint density at radius 1 is 1.10 bits per heavy atom. The average Bonchev–Trinajstić information content (AvgIpc) is 2.44. The Labute approximate surface area is 121 Å². The second kappa shape index (κ2) is 6.47. The van der Waals surface area contributed by atoms with Gasteiger partial charge >= 0.3 is 0 Å². The van der Waals surface area contributed by atoms with Gasteiger partial charge in [0.2, 0.25) is 0 Å². The van der Waals surface area contributed by atoms with Gasteiger partial charge in [-0.2, -0.15) is 0 Å². The van der Waals surface area contributed by atoms with Gasteiger partial charge in [0.15, 0.2) is 0 Å².